The summed E-state index contributed by atoms with van der Waals surface area (Å²) in [4.78, 5) is 10.8. The van der Waals surface area contributed by atoms with Gasteiger partial charge in [0.1, 0.15) is 0 Å². The van der Waals surface area contributed by atoms with Gasteiger partial charge in [0.05, 0.1) is 11.3 Å². The van der Waals surface area contributed by atoms with Crippen molar-refractivity contribution in [2.45, 2.75) is 20.3 Å². The van der Waals surface area contributed by atoms with Crippen molar-refractivity contribution in [3.05, 3.63) is 29.3 Å². The largest absolute Gasteiger partial charge is 0.478 e. The van der Waals surface area contributed by atoms with Crippen LogP contribution in [-0.2, 0) is 10.2 Å². The maximum Gasteiger partial charge on any atom is 0.335 e. The molecule has 0 spiro atoms. The van der Waals surface area contributed by atoms with Crippen molar-refractivity contribution in [1.29, 1.82) is 0 Å². The number of benzene rings is 1. The second-order valence-electron chi connectivity index (χ2n) is 3.83. The van der Waals surface area contributed by atoms with Crippen molar-refractivity contribution < 1.29 is 18.3 Å². The molecule has 0 aliphatic rings. The molecule has 1 aromatic rings. The third-order valence-electron chi connectivity index (χ3n) is 2.25. The highest BCUT2D eigenvalue weighted by molar-refractivity contribution is 7.90. The lowest BCUT2D eigenvalue weighted by Gasteiger charge is -2.10. The molecule has 1 rings (SSSR count). The van der Waals surface area contributed by atoms with Crippen LogP contribution in [0.3, 0.4) is 0 Å². The SMILES string of the molecule is CCCNS(=O)(=O)Nc1ccc(C(=O)O)c(C)c1. The molecular weight excluding hydrogens is 256 g/mol. The second-order valence-corrected chi connectivity index (χ2v) is 5.33. The summed E-state index contributed by atoms with van der Waals surface area (Å²) >= 11 is 0. The highest BCUT2D eigenvalue weighted by Gasteiger charge is 2.11. The van der Waals surface area contributed by atoms with Crippen LogP contribution in [0.4, 0.5) is 5.69 Å². The van der Waals surface area contributed by atoms with Gasteiger partial charge >= 0.3 is 5.97 Å². The zero-order valence-corrected chi connectivity index (χ0v) is 11.0. The molecule has 0 aliphatic carbocycles. The van der Waals surface area contributed by atoms with Crippen LogP contribution in [0.1, 0.15) is 29.3 Å². The first-order chi connectivity index (χ1) is 8.35. The summed E-state index contributed by atoms with van der Waals surface area (Å²) in [5, 5.41) is 8.85. The lowest BCUT2D eigenvalue weighted by Crippen LogP contribution is -2.30. The molecule has 0 fully saturated rings. The molecule has 3 N–H and O–H groups in total. The number of aryl methyl sites for hydroxylation is 1. The lowest BCUT2D eigenvalue weighted by atomic mass is 10.1. The molecule has 0 bridgehead atoms. The minimum atomic E-state index is -3.59. The van der Waals surface area contributed by atoms with E-state index in [2.05, 4.69) is 9.44 Å². The molecule has 0 saturated heterocycles. The normalized spacial score (nSPS) is 11.2. The molecule has 7 heteroatoms. The molecule has 18 heavy (non-hydrogen) atoms. The Balaban J connectivity index is 2.87. The second kappa shape index (κ2) is 5.83. The Labute approximate surface area is 106 Å². The molecular formula is C11H16N2O4S. The third-order valence-corrected chi connectivity index (χ3v) is 3.34. The zero-order valence-electron chi connectivity index (χ0n) is 10.2. The fraction of sp³-hybridized carbons (Fsp3) is 0.364. The summed E-state index contributed by atoms with van der Waals surface area (Å²) in [6.07, 6.45) is 0.692. The molecule has 100 valence electrons. The Kier molecular flexibility index (Phi) is 4.69. The van der Waals surface area contributed by atoms with Crippen molar-refractivity contribution in [2.75, 3.05) is 11.3 Å². The molecule has 0 radical (unpaired) electrons. The van der Waals surface area contributed by atoms with Gasteiger partial charge in [-0.2, -0.15) is 13.1 Å². The first-order valence-electron chi connectivity index (χ1n) is 5.47. The van der Waals surface area contributed by atoms with Crippen LogP contribution < -0.4 is 9.44 Å². The topological polar surface area (TPSA) is 95.5 Å². The number of rotatable bonds is 6. The number of hydrogen-bond donors (Lipinski definition) is 3. The Morgan fingerprint density at radius 2 is 2.06 bits per heavy atom. The van der Waals surface area contributed by atoms with E-state index in [1.807, 2.05) is 6.92 Å². The lowest BCUT2D eigenvalue weighted by molar-refractivity contribution is 0.0696. The highest BCUT2D eigenvalue weighted by atomic mass is 32.2. The minimum Gasteiger partial charge on any atom is -0.478 e. The van der Waals surface area contributed by atoms with Gasteiger partial charge in [-0.3, -0.25) is 4.72 Å². The van der Waals surface area contributed by atoms with E-state index in [4.69, 9.17) is 5.11 Å². The molecule has 0 heterocycles. The van der Waals surface area contributed by atoms with Crippen molar-refractivity contribution >= 4 is 21.9 Å². The average molecular weight is 272 g/mol. The van der Waals surface area contributed by atoms with Crippen LogP contribution in [0.15, 0.2) is 18.2 Å². The zero-order chi connectivity index (χ0) is 13.8. The number of carboxylic acid groups (broad SMARTS) is 1. The van der Waals surface area contributed by atoms with Crippen LogP contribution in [0.2, 0.25) is 0 Å². The van der Waals surface area contributed by atoms with E-state index in [1.165, 1.54) is 18.2 Å². The van der Waals surface area contributed by atoms with Crippen LogP contribution in [0, 0.1) is 6.92 Å². The molecule has 1 aromatic carbocycles. The van der Waals surface area contributed by atoms with Gasteiger partial charge in [0.2, 0.25) is 0 Å². The average Bonchev–Trinajstić information content (AvgIpc) is 2.25. The highest BCUT2D eigenvalue weighted by Crippen LogP contribution is 2.16. The number of anilines is 1. The van der Waals surface area contributed by atoms with E-state index in [0.29, 0.717) is 24.2 Å². The summed E-state index contributed by atoms with van der Waals surface area (Å²) in [7, 11) is -3.59. The van der Waals surface area contributed by atoms with Gasteiger partial charge in [0.25, 0.3) is 10.2 Å². The van der Waals surface area contributed by atoms with E-state index in [-0.39, 0.29) is 5.56 Å². The van der Waals surface area contributed by atoms with Crippen molar-refractivity contribution in [2.24, 2.45) is 0 Å². The predicted octanol–water partition coefficient (Wildman–Crippen LogP) is 1.35. The van der Waals surface area contributed by atoms with Gasteiger partial charge in [-0.25, -0.2) is 4.79 Å². The predicted molar refractivity (Wildman–Crippen MR) is 69.0 cm³/mol. The smallest absolute Gasteiger partial charge is 0.335 e. The summed E-state index contributed by atoms with van der Waals surface area (Å²) in [5.41, 5.74) is 0.985. The van der Waals surface area contributed by atoms with Gasteiger partial charge in [-0.15, -0.1) is 0 Å². The van der Waals surface area contributed by atoms with Crippen molar-refractivity contribution in [3.63, 3.8) is 0 Å². The van der Waals surface area contributed by atoms with E-state index in [1.54, 1.807) is 6.92 Å². The van der Waals surface area contributed by atoms with Gasteiger partial charge in [0, 0.05) is 6.54 Å². The monoisotopic (exact) mass is 272 g/mol. The molecule has 0 atom stereocenters. The minimum absolute atomic E-state index is 0.152. The summed E-state index contributed by atoms with van der Waals surface area (Å²) in [6.45, 7) is 3.82. The van der Waals surface area contributed by atoms with Crippen LogP contribution in [-0.4, -0.2) is 26.0 Å². The first-order valence-corrected chi connectivity index (χ1v) is 6.95. The Bertz CT molecular complexity index is 540. The molecule has 6 nitrogen and oxygen atoms in total. The van der Waals surface area contributed by atoms with E-state index < -0.39 is 16.2 Å². The van der Waals surface area contributed by atoms with E-state index in [0.717, 1.165) is 0 Å². The maximum absolute atomic E-state index is 11.6. The molecule has 0 aromatic heterocycles. The fourth-order valence-electron chi connectivity index (χ4n) is 1.39. The Morgan fingerprint density at radius 1 is 1.39 bits per heavy atom. The molecule has 0 aliphatic heterocycles. The van der Waals surface area contributed by atoms with Gasteiger partial charge < -0.3 is 5.11 Å². The summed E-state index contributed by atoms with van der Waals surface area (Å²) in [6, 6.07) is 4.27. The van der Waals surface area contributed by atoms with Crippen LogP contribution in [0.25, 0.3) is 0 Å². The first kappa shape index (κ1) is 14.5. The van der Waals surface area contributed by atoms with Crippen LogP contribution in [0.5, 0.6) is 0 Å². The van der Waals surface area contributed by atoms with Crippen molar-refractivity contribution in [3.8, 4) is 0 Å². The molecule has 0 unspecified atom stereocenters. The Hall–Kier alpha value is -1.60. The number of aromatic carboxylic acids is 1. The van der Waals surface area contributed by atoms with Crippen LogP contribution >= 0.6 is 0 Å². The maximum atomic E-state index is 11.6. The molecule has 0 amide bonds. The quantitative estimate of drug-likeness (QED) is 0.728. The van der Waals surface area contributed by atoms with Gasteiger partial charge in [0.15, 0.2) is 0 Å². The van der Waals surface area contributed by atoms with E-state index in [9.17, 15) is 13.2 Å². The summed E-state index contributed by atoms with van der Waals surface area (Å²) in [5.74, 6) is -1.04. The van der Waals surface area contributed by atoms with Crippen molar-refractivity contribution in [1.82, 2.24) is 4.72 Å². The standard InChI is InChI=1S/C11H16N2O4S/c1-3-6-12-18(16,17)13-9-4-5-10(11(14)15)8(2)7-9/h4-5,7,12-13H,3,6H2,1-2H3,(H,14,15). The van der Waals surface area contributed by atoms with Gasteiger partial charge in [-0.1, -0.05) is 6.92 Å². The molecule has 0 saturated carbocycles. The number of carboxylic acids is 1. The van der Waals surface area contributed by atoms with E-state index >= 15 is 0 Å². The number of hydrogen-bond acceptors (Lipinski definition) is 3. The number of carbonyl (C=O) groups is 1. The fourth-order valence-corrected chi connectivity index (χ4v) is 2.38. The third kappa shape index (κ3) is 4.01. The van der Waals surface area contributed by atoms with Gasteiger partial charge in [-0.05, 0) is 37.1 Å². The summed E-state index contributed by atoms with van der Waals surface area (Å²) < 4.78 is 27.8. The Morgan fingerprint density at radius 3 is 2.56 bits per heavy atom. The number of nitrogens with one attached hydrogen (secondary N) is 2.